The van der Waals surface area contributed by atoms with Gasteiger partial charge in [-0.1, -0.05) is 58.4 Å². The molecule has 1 aromatic heterocycles. The van der Waals surface area contributed by atoms with Crippen molar-refractivity contribution < 1.29 is 19.4 Å². The van der Waals surface area contributed by atoms with E-state index in [0.29, 0.717) is 23.6 Å². The summed E-state index contributed by atoms with van der Waals surface area (Å²) in [4.78, 5) is 34.1. The molecule has 39 heavy (non-hydrogen) atoms. The topological polar surface area (TPSA) is 85.9 Å². The lowest BCUT2D eigenvalue weighted by molar-refractivity contribution is -0.130. The van der Waals surface area contributed by atoms with Gasteiger partial charge in [-0.15, -0.1) is 0 Å². The average Bonchev–Trinajstić information content (AvgIpc) is 3.26. The number of nitrogens with one attached hydrogen (secondary N) is 1. The van der Waals surface area contributed by atoms with Crippen LogP contribution in [0.5, 0.6) is 5.75 Å². The molecular formula is C32H39N3O4. The number of H-pyrrole nitrogens is 1. The molecule has 2 aromatic carbocycles. The lowest BCUT2D eigenvalue weighted by Crippen LogP contribution is -2.50. The van der Waals surface area contributed by atoms with E-state index in [1.165, 1.54) is 25.5 Å². The van der Waals surface area contributed by atoms with Crippen molar-refractivity contribution in [3.63, 3.8) is 0 Å². The zero-order chi connectivity index (χ0) is 27.7. The Kier molecular flexibility index (Phi) is 7.54. The van der Waals surface area contributed by atoms with Gasteiger partial charge in [0.25, 0.3) is 5.91 Å². The van der Waals surface area contributed by atoms with Gasteiger partial charge in [-0.25, -0.2) is 4.79 Å². The minimum Gasteiger partial charge on any atom is -0.492 e. The molecule has 1 fully saturated rings. The van der Waals surface area contributed by atoms with Gasteiger partial charge in [0.1, 0.15) is 12.4 Å². The monoisotopic (exact) mass is 529 g/mol. The summed E-state index contributed by atoms with van der Waals surface area (Å²) >= 11 is 0. The lowest BCUT2D eigenvalue weighted by Gasteiger charge is -2.42. The van der Waals surface area contributed by atoms with Gasteiger partial charge in [-0.05, 0) is 61.7 Å². The smallest absolute Gasteiger partial charge is 0.339 e. The van der Waals surface area contributed by atoms with Crippen LogP contribution in [-0.2, 0) is 10.2 Å². The van der Waals surface area contributed by atoms with Gasteiger partial charge in [0.2, 0.25) is 0 Å². The summed E-state index contributed by atoms with van der Waals surface area (Å²) in [7, 11) is 0. The van der Waals surface area contributed by atoms with Crippen LogP contribution in [0.1, 0.15) is 68.6 Å². The van der Waals surface area contributed by atoms with E-state index in [9.17, 15) is 14.7 Å². The normalized spacial score (nSPS) is 19.5. The second-order valence-corrected chi connectivity index (χ2v) is 11.7. The Morgan fingerprint density at radius 2 is 1.82 bits per heavy atom. The number of fused-ring (bicyclic) bond motifs is 3. The summed E-state index contributed by atoms with van der Waals surface area (Å²) in [6.45, 7) is 12.0. The van der Waals surface area contributed by atoms with Gasteiger partial charge in [0.05, 0.1) is 11.3 Å². The number of para-hydroxylation sites is 1. The van der Waals surface area contributed by atoms with Crippen LogP contribution in [0.25, 0.3) is 16.5 Å². The fourth-order valence-corrected chi connectivity index (χ4v) is 6.64. The second-order valence-electron chi connectivity index (χ2n) is 11.7. The van der Waals surface area contributed by atoms with E-state index in [1.54, 1.807) is 17.0 Å². The number of benzene rings is 2. The standard InChI is InChI=1S/C32H39N3O4/c1-21(2)29-32(3,4)27-24-13-6-7-14-26(24)33-28(27)25(31(37)38)20-35(29)30(36)22-11-10-12-23(19-22)39-18-17-34-15-8-5-9-16-34/h6-7,10-14,19-21,29,33H,5,8-9,15-18H2,1-4H3,(H,37,38). The predicted octanol–water partition coefficient (Wildman–Crippen LogP) is 5.92. The third-order valence-electron chi connectivity index (χ3n) is 8.23. The van der Waals surface area contributed by atoms with Gasteiger partial charge >= 0.3 is 5.97 Å². The maximum absolute atomic E-state index is 14.1. The van der Waals surface area contributed by atoms with E-state index >= 15 is 0 Å². The number of carbonyl (C=O) groups is 2. The molecule has 0 saturated carbocycles. The first-order valence-corrected chi connectivity index (χ1v) is 14.0. The molecular weight excluding hydrogens is 490 g/mol. The fourth-order valence-electron chi connectivity index (χ4n) is 6.64. The van der Waals surface area contributed by atoms with Gasteiger partial charge in [-0.2, -0.15) is 0 Å². The molecule has 1 atom stereocenters. The van der Waals surface area contributed by atoms with Crippen LogP contribution in [0, 0.1) is 5.92 Å². The number of rotatable bonds is 7. The zero-order valence-corrected chi connectivity index (χ0v) is 23.4. The molecule has 5 rings (SSSR count). The van der Waals surface area contributed by atoms with Crippen LogP contribution in [0.2, 0.25) is 0 Å². The fraction of sp³-hybridized carbons (Fsp3) is 0.438. The molecule has 7 heteroatoms. The maximum atomic E-state index is 14.1. The first kappa shape index (κ1) is 27.0. The van der Waals surface area contributed by atoms with E-state index in [0.717, 1.165) is 36.1 Å². The zero-order valence-electron chi connectivity index (χ0n) is 23.4. The highest BCUT2D eigenvalue weighted by Crippen LogP contribution is 2.45. The summed E-state index contributed by atoms with van der Waals surface area (Å²) in [6.07, 6.45) is 5.30. The number of ether oxygens (including phenoxy) is 1. The summed E-state index contributed by atoms with van der Waals surface area (Å²) in [5.74, 6) is -0.613. The predicted molar refractivity (Wildman–Crippen MR) is 154 cm³/mol. The number of carboxylic acids is 1. The third kappa shape index (κ3) is 5.20. The van der Waals surface area contributed by atoms with E-state index in [4.69, 9.17) is 4.74 Å². The van der Waals surface area contributed by atoms with E-state index in [-0.39, 0.29) is 23.4 Å². The molecule has 206 valence electrons. The molecule has 0 spiro atoms. The van der Waals surface area contributed by atoms with Gasteiger partial charge in [0.15, 0.2) is 0 Å². The van der Waals surface area contributed by atoms with Crippen molar-refractivity contribution in [2.75, 3.05) is 26.2 Å². The summed E-state index contributed by atoms with van der Waals surface area (Å²) < 4.78 is 6.05. The molecule has 3 heterocycles. The molecule has 1 saturated heterocycles. The molecule has 2 N–H and O–H groups in total. The average molecular weight is 530 g/mol. The van der Waals surface area contributed by atoms with E-state index in [2.05, 4.69) is 37.6 Å². The quantitative estimate of drug-likeness (QED) is 0.397. The number of aromatic amines is 1. The Balaban J connectivity index is 1.50. The van der Waals surface area contributed by atoms with Crippen LogP contribution in [0.3, 0.4) is 0 Å². The van der Waals surface area contributed by atoms with Crippen molar-refractivity contribution in [3.8, 4) is 5.75 Å². The Labute approximate surface area is 230 Å². The van der Waals surface area contributed by atoms with Crippen LogP contribution in [-0.4, -0.2) is 64.0 Å². The Bertz CT molecular complexity index is 1400. The SMILES string of the molecule is CC(C)C1N(C(=O)c2cccc(OCCN3CCCCC3)c2)C=C(C(=O)O)c2[nH]c3ccccc3c2C1(C)C. The molecule has 7 nitrogen and oxygen atoms in total. The largest absolute Gasteiger partial charge is 0.492 e. The van der Waals surface area contributed by atoms with Crippen molar-refractivity contribution in [2.24, 2.45) is 5.92 Å². The number of aromatic nitrogens is 1. The van der Waals surface area contributed by atoms with Crippen LogP contribution >= 0.6 is 0 Å². The van der Waals surface area contributed by atoms with Gasteiger partial charge in [-0.3, -0.25) is 9.69 Å². The Morgan fingerprint density at radius 3 is 2.54 bits per heavy atom. The van der Waals surface area contributed by atoms with Gasteiger partial charge < -0.3 is 19.7 Å². The number of amides is 1. The number of carboxylic acid groups (broad SMARTS) is 1. The minimum atomic E-state index is -1.07. The van der Waals surface area contributed by atoms with Gasteiger partial charge in [0, 0.05) is 40.7 Å². The summed E-state index contributed by atoms with van der Waals surface area (Å²) in [5, 5.41) is 11.3. The number of aliphatic carboxylic acids is 1. The number of carbonyl (C=O) groups excluding carboxylic acids is 1. The molecule has 0 bridgehead atoms. The Hall–Kier alpha value is -3.58. The highest BCUT2D eigenvalue weighted by atomic mass is 16.5. The van der Waals surface area contributed by atoms with Crippen molar-refractivity contribution >= 4 is 28.4 Å². The molecule has 0 radical (unpaired) electrons. The molecule has 2 aliphatic heterocycles. The van der Waals surface area contributed by atoms with E-state index in [1.807, 2.05) is 36.4 Å². The van der Waals surface area contributed by atoms with Crippen molar-refractivity contribution in [2.45, 2.75) is 58.4 Å². The van der Waals surface area contributed by atoms with Crippen LogP contribution in [0.4, 0.5) is 0 Å². The Morgan fingerprint density at radius 1 is 1.08 bits per heavy atom. The summed E-state index contributed by atoms with van der Waals surface area (Å²) in [6, 6.07) is 14.8. The van der Waals surface area contributed by atoms with E-state index < -0.39 is 11.4 Å². The molecule has 1 amide bonds. The molecule has 0 aliphatic carbocycles. The number of piperidine rings is 1. The highest BCUT2D eigenvalue weighted by Gasteiger charge is 2.45. The molecule has 2 aliphatic rings. The van der Waals surface area contributed by atoms with Crippen LogP contribution in [0.15, 0.2) is 54.7 Å². The summed E-state index contributed by atoms with van der Waals surface area (Å²) in [5.41, 5.74) is 2.39. The minimum absolute atomic E-state index is 0.0545. The third-order valence-corrected chi connectivity index (χ3v) is 8.23. The number of likely N-dealkylation sites (tertiary alicyclic amines) is 1. The van der Waals surface area contributed by atoms with Crippen LogP contribution < -0.4 is 4.74 Å². The first-order chi connectivity index (χ1) is 18.7. The first-order valence-electron chi connectivity index (χ1n) is 14.0. The van der Waals surface area contributed by atoms with Crippen molar-refractivity contribution in [1.29, 1.82) is 0 Å². The lowest BCUT2D eigenvalue weighted by atomic mass is 9.71. The number of hydrogen-bond acceptors (Lipinski definition) is 4. The molecule has 3 aromatic rings. The highest BCUT2D eigenvalue weighted by molar-refractivity contribution is 6.17. The maximum Gasteiger partial charge on any atom is 0.339 e. The molecule has 1 unspecified atom stereocenters. The van der Waals surface area contributed by atoms with Crippen molar-refractivity contribution in [3.05, 3.63) is 71.6 Å². The van der Waals surface area contributed by atoms with Crippen molar-refractivity contribution in [1.82, 2.24) is 14.8 Å². The number of hydrogen-bond donors (Lipinski definition) is 2. The second kappa shape index (κ2) is 10.9. The number of nitrogens with zero attached hydrogens (tertiary/aromatic N) is 2.